The zero-order valence-corrected chi connectivity index (χ0v) is 11.2. The molecule has 0 atom stereocenters. The smallest absolute Gasteiger partial charge is 0.294 e. The van der Waals surface area contributed by atoms with Gasteiger partial charge in [-0.3, -0.25) is 4.79 Å². The van der Waals surface area contributed by atoms with Crippen LogP contribution in [0, 0.1) is 0 Å². The highest BCUT2D eigenvalue weighted by atomic mass is 16.3. The predicted molar refractivity (Wildman–Crippen MR) is 80.9 cm³/mol. The average Bonchev–Trinajstić information content (AvgIpc) is 2.89. The maximum absolute atomic E-state index is 12.2. The molecule has 0 fully saturated rings. The summed E-state index contributed by atoms with van der Waals surface area (Å²) >= 11 is 0. The maximum Gasteiger partial charge on any atom is 0.294 e. The number of hydrogen-bond donors (Lipinski definition) is 3. The molecule has 0 aliphatic carbocycles. The molecular weight excluding hydrogens is 284 g/mol. The first-order valence-electron chi connectivity index (χ1n) is 6.57. The zero-order valence-electron chi connectivity index (χ0n) is 11.2. The van der Waals surface area contributed by atoms with Crippen molar-refractivity contribution in [2.75, 3.05) is 0 Å². The van der Waals surface area contributed by atoms with Crippen molar-refractivity contribution in [3.63, 3.8) is 0 Å². The van der Waals surface area contributed by atoms with Gasteiger partial charge in [0.2, 0.25) is 5.58 Å². The fourth-order valence-corrected chi connectivity index (χ4v) is 2.41. The molecule has 0 spiro atoms. The SMILES string of the molecule is O=c1[nH]c(-c2ccc(O)c(O)c2)nc2c1oc1ccccc12. The van der Waals surface area contributed by atoms with Crippen molar-refractivity contribution in [3.05, 3.63) is 52.8 Å². The lowest BCUT2D eigenvalue weighted by atomic mass is 10.2. The molecule has 4 aromatic rings. The summed E-state index contributed by atoms with van der Waals surface area (Å²) in [4.78, 5) is 19.2. The minimum atomic E-state index is -0.399. The summed E-state index contributed by atoms with van der Waals surface area (Å²) in [5.74, 6) is -0.224. The third-order valence-corrected chi connectivity index (χ3v) is 3.48. The van der Waals surface area contributed by atoms with Crippen LogP contribution in [0.3, 0.4) is 0 Å². The number of nitrogens with one attached hydrogen (secondary N) is 1. The molecule has 0 saturated heterocycles. The van der Waals surface area contributed by atoms with E-state index in [1.165, 1.54) is 12.1 Å². The first kappa shape index (κ1) is 12.5. The monoisotopic (exact) mass is 294 g/mol. The van der Waals surface area contributed by atoms with E-state index in [1.807, 2.05) is 18.2 Å². The van der Waals surface area contributed by atoms with Crippen LogP contribution in [0.1, 0.15) is 0 Å². The van der Waals surface area contributed by atoms with E-state index in [0.29, 0.717) is 22.5 Å². The lowest BCUT2D eigenvalue weighted by molar-refractivity contribution is 0.404. The first-order valence-corrected chi connectivity index (χ1v) is 6.57. The van der Waals surface area contributed by atoms with E-state index >= 15 is 0 Å². The molecule has 2 aromatic carbocycles. The van der Waals surface area contributed by atoms with Crippen LogP contribution in [-0.4, -0.2) is 20.2 Å². The summed E-state index contributed by atoms with van der Waals surface area (Å²) in [5.41, 5.74) is 1.29. The van der Waals surface area contributed by atoms with Crippen LogP contribution in [0.15, 0.2) is 51.7 Å². The third kappa shape index (κ3) is 1.74. The first-order chi connectivity index (χ1) is 10.6. The van der Waals surface area contributed by atoms with Crippen LogP contribution in [0.5, 0.6) is 11.5 Å². The van der Waals surface area contributed by atoms with Gasteiger partial charge in [0.1, 0.15) is 16.9 Å². The van der Waals surface area contributed by atoms with Crippen molar-refractivity contribution in [1.29, 1.82) is 0 Å². The maximum atomic E-state index is 12.2. The van der Waals surface area contributed by atoms with Crippen molar-refractivity contribution < 1.29 is 14.6 Å². The number of aromatic nitrogens is 2. The number of benzene rings is 2. The number of phenolic OH excluding ortho intramolecular Hbond substituents is 2. The Kier molecular flexibility index (Phi) is 2.47. The molecule has 0 amide bonds. The minimum absolute atomic E-state index is 0.160. The molecule has 2 heterocycles. The molecule has 6 heteroatoms. The van der Waals surface area contributed by atoms with E-state index in [-0.39, 0.29) is 17.1 Å². The number of aromatic amines is 1. The van der Waals surface area contributed by atoms with Crippen molar-refractivity contribution in [2.24, 2.45) is 0 Å². The average molecular weight is 294 g/mol. The molecule has 22 heavy (non-hydrogen) atoms. The topological polar surface area (TPSA) is 99.4 Å². The second-order valence-corrected chi connectivity index (χ2v) is 4.89. The molecule has 3 N–H and O–H groups in total. The van der Waals surface area contributed by atoms with Gasteiger partial charge in [0.15, 0.2) is 11.5 Å². The number of phenols is 2. The van der Waals surface area contributed by atoms with Gasteiger partial charge >= 0.3 is 0 Å². The summed E-state index contributed by atoms with van der Waals surface area (Å²) in [7, 11) is 0. The second-order valence-electron chi connectivity index (χ2n) is 4.89. The summed E-state index contributed by atoms with van der Waals surface area (Å²) in [6.45, 7) is 0. The van der Waals surface area contributed by atoms with Gasteiger partial charge in [0, 0.05) is 10.9 Å². The number of fused-ring (bicyclic) bond motifs is 3. The Bertz CT molecular complexity index is 1080. The van der Waals surface area contributed by atoms with Gasteiger partial charge in [-0.05, 0) is 30.3 Å². The van der Waals surface area contributed by atoms with Crippen molar-refractivity contribution in [1.82, 2.24) is 9.97 Å². The molecule has 0 aliphatic rings. The van der Waals surface area contributed by atoms with Gasteiger partial charge in [-0.2, -0.15) is 0 Å². The number of hydrogen-bond acceptors (Lipinski definition) is 5. The Balaban J connectivity index is 2.05. The van der Waals surface area contributed by atoms with Crippen LogP contribution in [-0.2, 0) is 0 Å². The van der Waals surface area contributed by atoms with Gasteiger partial charge < -0.3 is 19.6 Å². The Labute approximate surface area is 123 Å². The molecule has 2 aromatic heterocycles. The molecule has 0 radical (unpaired) electrons. The molecule has 108 valence electrons. The van der Waals surface area contributed by atoms with Gasteiger partial charge in [0.05, 0.1) is 0 Å². The van der Waals surface area contributed by atoms with Crippen molar-refractivity contribution in [2.45, 2.75) is 0 Å². The highest BCUT2D eigenvalue weighted by Gasteiger charge is 2.14. The summed E-state index contributed by atoms with van der Waals surface area (Å²) in [6.07, 6.45) is 0. The minimum Gasteiger partial charge on any atom is -0.504 e. The number of furan rings is 1. The molecule has 0 aliphatic heterocycles. The van der Waals surface area contributed by atoms with E-state index in [0.717, 1.165) is 5.39 Å². The quantitative estimate of drug-likeness (QED) is 0.469. The third-order valence-electron chi connectivity index (χ3n) is 3.48. The Morgan fingerprint density at radius 3 is 2.68 bits per heavy atom. The highest BCUT2D eigenvalue weighted by molar-refractivity contribution is 6.02. The Hall–Kier alpha value is -3.28. The number of aromatic hydroxyl groups is 2. The van der Waals surface area contributed by atoms with E-state index in [9.17, 15) is 15.0 Å². The second kappa shape index (κ2) is 4.36. The summed E-state index contributed by atoms with van der Waals surface area (Å²) in [6, 6.07) is 11.5. The highest BCUT2D eigenvalue weighted by Crippen LogP contribution is 2.30. The largest absolute Gasteiger partial charge is 0.504 e. The fraction of sp³-hybridized carbons (Fsp3) is 0. The normalized spacial score (nSPS) is 11.3. The number of nitrogens with zero attached hydrogens (tertiary/aromatic N) is 1. The van der Waals surface area contributed by atoms with Crippen molar-refractivity contribution in [3.8, 4) is 22.9 Å². The van der Waals surface area contributed by atoms with Gasteiger partial charge in [-0.15, -0.1) is 0 Å². The predicted octanol–water partition coefficient (Wildman–Crippen LogP) is 2.75. The van der Waals surface area contributed by atoms with E-state index in [2.05, 4.69) is 9.97 Å². The molecular formula is C16H10N2O4. The van der Waals surface area contributed by atoms with E-state index < -0.39 is 5.56 Å². The van der Waals surface area contributed by atoms with E-state index in [1.54, 1.807) is 12.1 Å². The van der Waals surface area contributed by atoms with Gasteiger partial charge in [-0.25, -0.2) is 4.98 Å². The number of rotatable bonds is 1. The van der Waals surface area contributed by atoms with Gasteiger partial charge in [-0.1, -0.05) is 12.1 Å². The standard InChI is InChI=1S/C16H10N2O4/c19-10-6-5-8(7-11(10)20)15-17-13-9-3-1-2-4-12(9)22-14(13)16(21)18-15/h1-7,19-20H,(H,17,18,21). The van der Waals surface area contributed by atoms with Crippen LogP contribution in [0.2, 0.25) is 0 Å². The van der Waals surface area contributed by atoms with Crippen molar-refractivity contribution >= 4 is 22.1 Å². The summed E-state index contributed by atoms with van der Waals surface area (Å²) < 4.78 is 5.52. The van der Waals surface area contributed by atoms with Gasteiger partial charge in [0.25, 0.3) is 5.56 Å². The Morgan fingerprint density at radius 1 is 1.05 bits per heavy atom. The zero-order chi connectivity index (χ0) is 15.3. The number of H-pyrrole nitrogens is 1. The molecule has 0 unspecified atom stereocenters. The Morgan fingerprint density at radius 2 is 1.86 bits per heavy atom. The number of para-hydroxylation sites is 1. The molecule has 6 nitrogen and oxygen atoms in total. The van der Waals surface area contributed by atoms with Crippen LogP contribution >= 0.6 is 0 Å². The molecule has 0 bridgehead atoms. The fourth-order valence-electron chi connectivity index (χ4n) is 2.41. The summed E-state index contributed by atoms with van der Waals surface area (Å²) in [5, 5.41) is 19.7. The van der Waals surface area contributed by atoms with Crippen LogP contribution < -0.4 is 5.56 Å². The lowest BCUT2D eigenvalue weighted by Gasteiger charge is -2.03. The molecule has 0 saturated carbocycles. The molecule has 4 rings (SSSR count). The van der Waals surface area contributed by atoms with Crippen LogP contribution in [0.4, 0.5) is 0 Å². The van der Waals surface area contributed by atoms with E-state index in [4.69, 9.17) is 4.42 Å². The lowest BCUT2D eigenvalue weighted by Crippen LogP contribution is -2.08. The van der Waals surface area contributed by atoms with Crippen LogP contribution in [0.25, 0.3) is 33.5 Å².